The molecule has 26 heavy (non-hydrogen) atoms. The van der Waals surface area contributed by atoms with Gasteiger partial charge < -0.3 is 14.2 Å². The van der Waals surface area contributed by atoms with Crippen LogP contribution in [0.4, 0.5) is 0 Å². The maximum atomic E-state index is 6.51. The first-order valence-electron chi connectivity index (χ1n) is 8.92. The highest BCUT2D eigenvalue weighted by molar-refractivity contribution is 14.1. The molecule has 0 radical (unpaired) electrons. The number of ether oxygens (including phenoxy) is 3. The first-order valence-corrected chi connectivity index (χ1v) is 10.5. The van der Waals surface area contributed by atoms with Crippen molar-refractivity contribution in [2.24, 2.45) is 0 Å². The minimum Gasteiger partial charge on any atom is -0.490 e. The lowest BCUT2D eigenvalue weighted by molar-refractivity contribution is -0.0624. The third-order valence-corrected chi connectivity index (χ3v) is 5.35. The predicted octanol–water partition coefficient (Wildman–Crippen LogP) is 4.69. The lowest BCUT2D eigenvalue weighted by Gasteiger charge is -2.35. The molecule has 0 amide bonds. The van der Waals surface area contributed by atoms with Crippen LogP contribution in [0, 0.1) is 3.57 Å². The van der Waals surface area contributed by atoms with E-state index in [1.807, 2.05) is 36.4 Å². The van der Waals surface area contributed by atoms with Gasteiger partial charge >= 0.3 is 0 Å². The number of rotatable bonds is 7. The molecule has 0 bridgehead atoms. The molecular weight excluding hydrogens is 460 g/mol. The van der Waals surface area contributed by atoms with E-state index in [9.17, 15) is 0 Å². The maximum absolute atomic E-state index is 6.51. The third-order valence-electron chi connectivity index (χ3n) is 4.21. The second-order valence-corrected chi connectivity index (χ2v) is 8.27. The first kappa shape index (κ1) is 19.9. The van der Waals surface area contributed by atoms with Gasteiger partial charge in [-0.2, -0.15) is 0 Å². The van der Waals surface area contributed by atoms with Gasteiger partial charge in [0.05, 0.1) is 13.2 Å². The van der Waals surface area contributed by atoms with Crippen molar-refractivity contribution < 1.29 is 14.2 Å². The number of hydrogen-bond acceptors (Lipinski definition) is 4. The van der Waals surface area contributed by atoms with E-state index in [0.717, 1.165) is 40.1 Å². The van der Waals surface area contributed by atoms with Crippen molar-refractivity contribution in [3.05, 3.63) is 57.7 Å². The first-order chi connectivity index (χ1) is 12.7. The highest BCUT2D eigenvalue weighted by Gasteiger charge is 2.30. The standard InChI is InChI=1S/C20H25INO3P/c1-2-11-23-17-9-8-16(21)13-18(17)25-20(15-6-4-3-5-7-15)19-14-22(26)10-12-24-19/h3-9,13,19-20H,2,10-12,14,26H2,1H3/t19?,20-/m0/s1. The van der Waals surface area contributed by atoms with Crippen LogP contribution in [0.15, 0.2) is 48.5 Å². The Morgan fingerprint density at radius 1 is 1.23 bits per heavy atom. The summed E-state index contributed by atoms with van der Waals surface area (Å²) in [7, 11) is 2.77. The second-order valence-electron chi connectivity index (χ2n) is 6.29. The molecule has 1 aliphatic rings. The fourth-order valence-corrected chi connectivity index (χ4v) is 3.70. The summed E-state index contributed by atoms with van der Waals surface area (Å²) in [4.78, 5) is 0. The van der Waals surface area contributed by atoms with Crippen LogP contribution in [-0.4, -0.2) is 37.1 Å². The van der Waals surface area contributed by atoms with Crippen LogP contribution >= 0.6 is 32.0 Å². The highest BCUT2D eigenvalue weighted by Crippen LogP contribution is 2.35. The summed E-state index contributed by atoms with van der Waals surface area (Å²) in [6.45, 7) is 5.19. The summed E-state index contributed by atoms with van der Waals surface area (Å²) in [6, 6.07) is 16.3. The van der Waals surface area contributed by atoms with E-state index in [1.54, 1.807) is 0 Å². The Morgan fingerprint density at radius 2 is 2.04 bits per heavy atom. The molecule has 1 fully saturated rings. The summed E-state index contributed by atoms with van der Waals surface area (Å²) in [6.07, 6.45) is 0.726. The fraction of sp³-hybridized carbons (Fsp3) is 0.400. The van der Waals surface area contributed by atoms with Gasteiger partial charge in [0, 0.05) is 16.7 Å². The molecule has 2 aromatic rings. The van der Waals surface area contributed by atoms with Crippen molar-refractivity contribution in [1.29, 1.82) is 0 Å². The van der Waals surface area contributed by atoms with Gasteiger partial charge in [-0.1, -0.05) is 46.6 Å². The van der Waals surface area contributed by atoms with E-state index in [2.05, 4.69) is 55.7 Å². The van der Waals surface area contributed by atoms with Crippen LogP contribution in [0.1, 0.15) is 25.0 Å². The Hall–Kier alpha value is -0.880. The smallest absolute Gasteiger partial charge is 0.163 e. The van der Waals surface area contributed by atoms with Crippen molar-refractivity contribution in [2.45, 2.75) is 25.6 Å². The fourth-order valence-electron chi connectivity index (χ4n) is 2.92. The third kappa shape index (κ3) is 5.32. The summed E-state index contributed by atoms with van der Waals surface area (Å²) in [5.74, 6) is 1.55. The summed E-state index contributed by atoms with van der Waals surface area (Å²) in [5, 5.41) is 0. The Morgan fingerprint density at radius 3 is 2.77 bits per heavy atom. The van der Waals surface area contributed by atoms with Gasteiger partial charge in [0.1, 0.15) is 6.10 Å². The normalized spacial score (nSPS) is 19.1. The lowest BCUT2D eigenvalue weighted by Crippen LogP contribution is -2.42. The molecule has 1 aliphatic heterocycles. The average molecular weight is 485 g/mol. The Labute approximate surface area is 171 Å². The molecule has 0 aromatic heterocycles. The molecule has 0 N–H and O–H groups in total. The number of hydrogen-bond donors (Lipinski definition) is 0. The Balaban J connectivity index is 1.89. The molecule has 3 rings (SSSR count). The van der Waals surface area contributed by atoms with E-state index >= 15 is 0 Å². The number of nitrogens with zero attached hydrogens (tertiary/aromatic N) is 1. The van der Waals surface area contributed by atoms with Crippen molar-refractivity contribution in [3.63, 3.8) is 0 Å². The van der Waals surface area contributed by atoms with Crippen molar-refractivity contribution >= 4 is 32.0 Å². The molecule has 6 heteroatoms. The van der Waals surface area contributed by atoms with Crippen molar-refractivity contribution in [2.75, 3.05) is 26.3 Å². The van der Waals surface area contributed by atoms with Crippen LogP contribution in [0.3, 0.4) is 0 Å². The maximum Gasteiger partial charge on any atom is 0.163 e. The molecule has 0 aliphatic carbocycles. The van der Waals surface area contributed by atoms with Gasteiger partial charge in [0.15, 0.2) is 17.6 Å². The molecule has 140 valence electrons. The van der Waals surface area contributed by atoms with Crippen LogP contribution in [-0.2, 0) is 4.74 Å². The minimum absolute atomic E-state index is 0.0412. The molecule has 2 unspecified atom stereocenters. The van der Waals surface area contributed by atoms with Crippen LogP contribution < -0.4 is 9.47 Å². The topological polar surface area (TPSA) is 30.9 Å². The average Bonchev–Trinajstić information content (AvgIpc) is 2.66. The highest BCUT2D eigenvalue weighted by atomic mass is 127. The predicted molar refractivity (Wildman–Crippen MR) is 116 cm³/mol. The van der Waals surface area contributed by atoms with E-state index in [1.165, 1.54) is 0 Å². The zero-order chi connectivity index (χ0) is 18.4. The van der Waals surface area contributed by atoms with Gasteiger partial charge in [-0.05, 0) is 52.8 Å². The molecule has 0 spiro atoms. The Bertz CT molecular complexity index is 701. The molecule has 1 saturated heterocycles. The number of benzene rings is 2. The van der Waals surface area contributed by atoms with Crippen LogP contribution in [0.2, 0.25) is 0 Å². The molecule has 1 heterocycles. The minimum atomic E-state index is -0.193. The van der Waals surface area contributed by atoms with Crippen molar-refractivity contribution in [1.82, 2.24) is 4.67 Å². The van der Waals surface area contributed by atoms with E-state index < -0.39 is 0 Å². The molecule has 4 nitrogen and oxygen atoms in total. The van der Waals surface area contributed by atoms with Gasteiger partial charge in [-0.25, -0.2) is 0 Å². The molecule has 2 aromatic carbocycles. The molecular formula is C20H25INO3P. The van der Waals surface area contributed by atoms with Gasteiger partial charge in [0.2, 0.25) is 0 Å². The van der Waals surface area contributed by atoms with Gasteiger partial charge in [-0.15, -0.1) is 0 Å². The zero-order valence-electron chi connectivity index (χ0n) is 14.9. The van der Waals surface area contributed by atoms with Crippen molar-refractivity contribution in [3.8, 4) is 11.5 Å². The molecule has 0 saturated carbocycles. The summed E-state index contributed by atoms with van der Waals surface area (Å²) < 4.78 is 21.8. The monoisotopic (exact) mass is 485 g/mol. The second kappa shape index (κ2) is 9.88. The summed E-state index contributed by atoms with van der Waals surface area (Å²) >= 11 is 2.30. The van der Waals surface area contributed by atoms with Gasteiger partial charge in [-0.3, -0.25) is 4.67 Å². The summed E-state index contributed by atoms with van der Waals surface area (Å²) in [5.41, 5.74) is 1.11. The quantitative estimate of drug-likeness (QED) is 0.421. The number of halogens is 1. The Kier molecular flexibility index (Phi) is 7.55. The van der Waals surface area contributed by atoms with E-state index in [-0.39, 0.29) is 12.2 Å². The largest absolute Gasteiger partial charge is 0.490 e. The zero-order valence-corrected chi connectivity index (χ0v) is 18.2. The van der Waals surface area contributed by atoms with E-state index in [4.69, 9.17) is 14.2 Å². The lowest BCUT2D eigenvalue weighted by atomic mass is 10.0. The SMILES string of the molecule is CCCOc1ccc(I)cc1O[C@@H](c1ccccc1)C1CN(P)CCO1. The van der Waals surface area contributed by atoms with Crippen LogP contribution in [0.25, 0.3) is 0 Å². The van der Waals surface area contributed by atoms with Gasteiger partial charge in [0.25, 0.3) is 0 Å². The number of morpholine rings is 1. The van der Waals surface area contributed by atoms with Crippen LogP contribution in [0.5, 0.6) is 11.5 Å². The van der Waals surface area contributed by atoms with E-state index in [0.29, 0.717) is 13.2 Å². The molecule has 3 atom stereocenters.